The van der Waals surface area contributed by atoms with Gasteiger partial charge in [-0.25, -0.2) is 12.8 Å². The Hall–Kier alpha value is -1.43. The van der Waals surface area contributed by atoms with E-state index >= 15 is 0 Å². The zero-order valence-electron chi connectivity index (χ0n) is 13.2. The number of hydrogen-bond acceptors (Lipinski definition) is 2. The Labute approximate surface area is 147 Å². The molecule has 0 amide bonds. The normalized spacial score (nSPS) is 19.8. The van der Waals surface area contributed by atoms with Crippen LogP contribution in [0.4, 0.5) is 4.39 Å². The number of halogens is 2. The molecule has 128 valence electrons. The second kappa shape index (κ2) is 7.21. The van der Waals surface area contributed by atoms with Crippen LogP contribution in [0, 0.1) is 5.82 Å². The van der Waals surface area contributed by atoms with Crippen LogP contribution in [0.1, 0.15) is 37.3 Å². The Bertz CT molecular complexity index is 808. The Morgan fingerprint density at radius 2 is 1.71 bits per heavy atom. The molecule has 6 heteroatoms. The second-order valence-corrected chi connectivity index (χ2v) is 8.26. The van der Waals surface area contributed by atoms with Gasteiger partial charge in [0.2, 0.25) is 10.0 Å². The van der Waals surface area contributed by atoms with Gasteiger partial charge in [0.15, 0.2) is 0 Å². The highest BCUT2D eigenvalue weighted by Gasteiger charge is 2.34. The molecule has 0 radical (unpaired) electrons. The van der Waals surface area contributed by atoms with Crippen LogP contribution < -0.4 is 0 Å². The zero-order chi connectivity index (χ0) is 17.2. The molecule has 0 saturated carbocycles. The van der Waals surface area contributed by atoms with Gasteiger partial charge in [0, 0.05) is 11.6 Å². The molecule has 0 bridgehead atoms. The number of nitrogens with zero attached hydrogens (tertiary/aromatic N) is 1. The van der Waals surface area contributed by atoms with Gasteiger partial charge in [0.05, 0.1) is 6.04 Å². The van der Waals surface area contributed by atoms with Crippen molar-refractivity contribution < 1.29 is 12.8 Å². The van der Waals surface area contributed by atoms with E-state index in [9.17, 15) is 12.8 Å². The van der Waals surface area contributed by atoms with Crippen LogP contribution in [0.5, 0.6) is 0 Å². The molecule has 1 heterocycles. The molecule has 0 spiro atoms. The first kappa shape index (κ1) is 17.4. The minimum absolute atomic E-state index is 0.258. The molecule has 1 aliphatic rings. The van der Waals surface area contributed by atoms with Gasteiger partial charge < -0.3 is 0 Å². The van der Waals surface area contributed by atoms with E-state index in [1.165, 1.54) is 22.5 Å². The van der Waals surface area contributed by atoms with E-state index in [1.807, 2.05) is 12.1 Å². The van der Waals surface area contributed by atoms with Crippen LogP contribution >= 0.6 is 11.6 Å². The van der Waals surface area contributed by atoms with Crippen LogP contribution in [-0.2, 0) is 10.0 Å². The smallest absolute Gasteiger partial charge is 0.207 e. The fraction of sp³-hybridized carbons (Fsp3) is 0.333. The monoisotopic (exact) mass is 367 g/mol. The number of hydrogen-bond donors (Lipinski definition) is 0. The average Bonchev–Trinajstić information content (AvgIpc) is 2.82. The molecule has 0 aliphatic carbocycles. The largest absolute Gasteiger partial charge is 0.246 e. The lowest BCUT2D eigenvalue weighted by Gasteiger charge is -2.29. The molecule has 1 atom stereocenters. The lowest BCUT2D eigenvalue weighted by molar-refractivity contribution is 0.327. The van der Waals surface area contributed by atoms with Crippen molar-refractivity contribution in [1.29, 1.82) is 0 Å². The third-order valence-electron chi connectivity index (χ3n) is 4.38. The van der Waals surface area contributed by atoms with Crippen molar-refractivity contribution in [2.75, 3.05) is 6.54 Å². The fourth-order valence-corrected chi connectivity index (χ4v) is 5.04. The van der Waals surface area contributed by atoms with E-state index in [0.717, 1.165) is 31.2 Å². The van der Waals surface area contributed by atoms with Crippen LogP contribution in [0.3, 0.4) is 0 Å². The van der Waals surface area contributed by atoms with Crippen molar-refractivity contribution in [2.45, 2.75) is 36.6 Å². The predicted molar refractivity (Wildman–Crippen MR) is 93.0 cm³/mol. The van der Waals surface area contributed by atoms with Crippen molar-refractivity contribution >= 4 is 21.6 Å². The van der Waals surface area contributed by atoms with Crippen LogP contribution in [0.15, 0.2) is 53.4 Å². The van der Waals surface area contributed by atoms with E-state index < -0.39 is 15.8 Å². The minimum atomic E-state index is -3.90. The molecular weight excluding hydrogens is 349 g/mol. The summed E-state index contributed by atoms with van der Waals surface area (Å²) < 4.78 is 41.7. The molecule has 2 aromatic rings. The Balaban J connectivity index is 2.04. The van der Waals surface area contributed by atoms with E-state index in [-0.39, 0.29) is 10.9 Å². The maximum Gasteiger partial charge on any atom is 0.246 e. The molecule has 24 heavy (non-hydrogen) atoms. The first-order valence-corrected chi connectivity index (χ1v) is 9.84. The Kier molecular flexibility index (Phi) is 5.23. The highest BCUT2D eigenvalue weighted by atomic mass is 35.5. The Morgan fingerprint density at radius 3 is 2.42 bits per heavy atom. The van der Waals surface area contributed by atoms with Gasteiger partial charge in [-0.05, 0) is 42.7 Å². The number of benzene rings is 2. The summed E-state index contributed by atoms with van der Waals surface area (Å²) in [6, 6.07) is 12.5. The summed E-state index contributed by atoms with van der Waals surface area (Å²) in [7, 11) is -3.90. The molecule has 1 aliphatic heterocycles. The average molecular weight is 368 g/mol. The SMILES string of the molecule is O=S(=O)(c1ccccc1F)N1CCCCCC1c1ccc(Cl)cc1. The number of rotatable bonds is 3. The molecule has 0 N–H and O–H groups in total. The zero-order valence-corrected chi connectivity index (χ0v) is 14.7. The van der Waals surface area contributed by atoms with Crippen molar-refractivity contribution in [1.82, 2.24) is 4.31 Å². The molecule has 0 aromatic heterocycles. The van der Waals surface area contributed by atoms with Gasteiger partial charge in [-0.1, -0.05) is 48.7 Å². The second-order valence-electron chi connectivity index (χ2n) is 5.96. The predicted octanol–water partition coefficient (Wildman–Crippen LogP) is 4.79. The topological polar surface area (TPSA) is 37.4 Å². The maximum atomic E-state index is 14.1. The van der Waals surface area contributed by atoms with E-state index in [2.05, 4.69) is 0 Å². The summed E-state index contributed by atoms with van der Waals surface area (Å²) in [5, 5.41) is 0.607. The van der Waals surface area contributed by atoms with Crippen molar-refractivity contribution in [3.05, 3.63) is 64.9 Å². The first-order valence-electron chi connectivity index (χ1n) is 8.02. The van der Waals surface area contributed by atoms with Gasteiger partial charge in [0.1, 0.15) is 10.7 Å². The molecule has 3 rings (SSSR count). The lowest BCUT2D eigenvalue weighted by atomic mass is 10.0. The van der Waals surface area contributed by atoms with Crippen LogP contribution in [0.2, 0.25) is 5.02 Å². The highest BCUT2D eigenvalue weighted by Crippen LogP contribution is 2.35. The Morgan fingerprint density at radius 1 is 1.00 bits per heavy atom. The van der Waals surface area contributed by atoms with Gasteiger partial charge in [-0.15, -0.1) is 0 Å². The molecule has 1 saturated heterocycles. The van der Waals surface area contributed by atoms with Crippen LogP contribution in [-0.4, -0.2) is 19.3 Å². The van der Waals surface area contributed by atoms with Gasteiger partial charge in [-0.3, -0.25) is 0 Å². The van der Waals surface area contributed by atoms with E-state index in [0.29, 0.717) is 11.6 Å². The molecule has 1 unspecified atom stereocenters. The summed E-state index contributed by atoms with van der Waals surface area (Å²) in [4.78, 5) is -0.258. The third kappa shape index (κ3) is 3.48. The molecular formula is C18H19ClFNO2S. The van der Waals surface area contributed by atoms with E-state index in [1.54, 1.807) is 18.2 Å². The van der Waals surface area contributed by atoms with Gasteiger partial charge in [-0.2, -0.15) is 4.31 Å². The fourth-order valence-electron chi connectivity index (χ4n) is 3.17. The summed E-state index contributed by atoms with van der Waals surface area (Å²) in [5.41, 5.74) is 0.890. The van der Waals surface area contributed by atoms with E-state index in [4.69, 9.17) is 11.6 Å². The van der Waals surface area contributed by atoms with Crippen LogP contribution in [0.25, 0.3) is 0 Å². The van der Waals surface area contributed by atoms with Gasteiger partial charge in [0.25, 0.3) is 0 Å². The third-order valence-corrected chi connectivity index (χ3v) is 6.58. The molecule has 3 nitrogen and oxygen atoms in total. The summed E-state index contributed by atoms with van der Waals surface area (Å²) in [6.07, 6.45) is 3.40. The molecule has 1 fully saturated rings. The standard InChI is InChI=1S/C18H19ClFNO2S/c19-15-11-9-14(10-12-15)17-7-2-1-5-13-21(17)24(22,23)18-8-4-3-6-16(18)20/h3-4,6,8-12,17H,1-2,5,7,13H2. The summed E-state index contributed by atoms with van der Waals surface area (Å²) >= 11 is 5.94. The maximum absolute atomic E-state index is 14.1. The highest BCUT2D eigenvalue weighted by molar-refractivity contribution is 7.89. The van der Waals surface area contributed by atoms with Crippen molar-refractivity contribution in [3.63, 3.8) is 0 Å². The quantitative estimate of drug-likeness (QED) is 0.782. The van der Waals surface area contributed by atoms with Crippen molar-refractivity contribution in [3.8, 4) is 0 Å². The molecule has 2 aromatic carbocycles. The first-order chi connectivity index (χ1) is 11.5. The lowest BCUT2D eigenvalue weighted by Crippen LogP contribution is -2.35. The minimum Gasteiger partial charge on any atom is -0.207 e. The van der Waals surface area contributed by atoms with Gasteiger partial charge >= 0.3 is 0 Å². The van der Waals surface area contributed by atoms with Crippen molar-refractivity contribution in [2.24, 2.45) is 0 Å². The summed E-state index contributed by atoms with van der Waals surface area (Å²) in [6.45, 7) is 0.393. The number of sulfonamides is 1. The summed E-state index contributed by atoms with van der Waals surface area (Å²) in [5.74, 6) is -0.711.